The van der Waals surface area contributed by atoms with Crippen molar-refractivity contribution < 1.29 is 17.6 Å². The standard InChI is InChI=1S/C5H7ClF4/c1-2-3(7)4(6)5(8,9)10/h3-4H,2H2,1H3. The van der Waals surface area contributed by atoms with Gasteiger partial charge in [0.2, 0.25) is 0 Å². The molecule has 0 rings (SSSR count). The normalized spacial score (nSPS) is 18.6. The Morgan fingerprint density at radius 3 is 1.90 bits per heavy atom. The van der Waals surface area contributed by atoms with Crippen molar-refractivity contribution in [3.63, 3.8) is 0 Å². The third kappa shape index (κ3) is 2.73. The van der Waals surface area contributed by atoms with Gasteiger partial charge in [0.05, 0.1) is 0 Å². The predicted octanol–water partition coefficient (Wildman–Crippen LogP) is 2.90. The second-order valence-electron chi connectivity index (χ2n) is 1.87. The highest BCUT2D eigenvalue weighted by atomic mass is 35.5. The molecule has 0 aromatic heterocycles. The minimum atomic E-state index is -4.63. The second kappa shape index (κ2) is 3.42. The van der Waals surface area contributed by atoms with Crippen molar-refractivity contribution in [2.45, 2.75) is 31.1 Å². The van der Waals surface area contributed by atoms with E-state index in [1.807, 2.05) is 0 Å². The molecule has 0 heterocycles. The summed E-state index contributed by atoms with van der Waals surface area (Å²) in [5.41, 5.74) is 0. The van der Waals surface area contributed by atoms with Crippen LogP contribution >= 0.6 is 11.6 Å². The largest absolute Gasteiger partial charge is 0.407 e. The van der Waals surface area contributed by atoms with Crippen LogP contribution in [0.4, 0.5) is 17.6 Å². The summed E-state index contributed by atoms with van der Waals surface area (Å²) in [6.45, 7) is 1.31. The summed E-state index contributed by atoms with van der Waals surface area (Å²) in [6.07, 6.45) is -6.84. The van der Waals surface area contributed by atoms with Gasteiger partial charge in [0.25, 0.3) is 0 Å². The van der Waals surface area contributed by atoms with E-state index >= 15 is 0 Å². The van der Waals surface area contributed by atoms with Gasteiger partial charge in [-0.2, -0.15) is 13.2 Å². The molecule has 2 unspecified atom stereocenters. The highest BCUT2D eigenvalue weighted by Crippen LogP contribution is 2.29. The minimum absolute atomic E-state index is 0.215. The minimum Gasteiger partial charge on any atom is -0.246 e. The van der Waals surface area contributed by atoms with E-state index < -0.39 is 17.7 Å². The number of hydrogen-bond acceptors (Lipinski definition) is 0. The molecule has 0 bridgehead atoms. The van der Waals surface area contributed by atoms with E-state index in [1.54, 1.807) is 0 Å². The topological polar surface area (TPSA) is 0 Å². The molecule has 0 amide bonds. The smallest absolute Gasteiger partial charge is 0.246 e. The third-order valence-electron chi connectivity index (χ3n) is 1.02. The average molecular weight is 179 g/mol. The molecule has 0 aliphatic heterocycles. The zero-order valence-corrected chi connectivity index (χ0v) is 6.01. The Morgan fingerprint density at radius 2 is 1.80 bits per heavy atom. The first-order valence-electron chi connectivity index (χ1n) is 2.74. The Labute approximate surface area is 61.2 Å². The second-order valence-corrected chi connectivity index (χ2v) is 2.34. The van der Waals surface area contributed by atoms with E-state index in [2.05, 4.69) is 0 Å². The van der Waals surface area contributed by atoms with Crippen LogP contribution in [0.15, 0.2) is 0 Å². The average Bonchev–Trinajstić information content (AvgIpc) is 1.83. The summed E-state index contributed by atoms with van der Waals surface area (Å²) >= 11 is 4.71. The van der Waals surface area contributed by atoms with Gasteiger partial charge >= 0.3 is 6.18 Å². The van der Waals surface area contributed by atoms with Crippen molar-refractivity contribution in [2.24, 2.45) is 0 Å². The van der Waals surface area contributed by atoms with Gasteiger partial charge in [0.15, 0.2) is 5.38 Å². The summed E-state index contributed by atoms with van der Waals surface area (Å²) in [5.74, 6) is 0. The van der Waals surface area contributed by atoms with E-state index in [9.17, 15) is 17.6 Å². The van der Waals surface area contributed by atoms with Crippen LogP contribution in [0.2, 0.25) is 0 Å². The van der Waals surface area contributed by atoms with Crippen LogP contribution in [-0.2, 0) is 0 Å². The SMILES string of the molecule is CCC(F)C(Cl)C(F)(F)F. The summed E-state index contributed by atoms with van der Waals surface area (Å²) in [4.78, 5) is 0. The molecule has 0 spiro atoms. The molecule has 0 radical (unpaired) electrons. The Bertz CT molecular complexity index is 100. The van der Waals surface area contributed by atoms with Gasteiger partial charge in [-0.05, 0) is 6.42 Å². The van der Waals surface area contributed by atoms with Crippen molar-refractivity contribution in [3.8, 4) is 0 Å². The molecule has 2 atom stereocenters. The molecule has 0 aromatic rings. The lowest BCUT2D eigenvalue weighted by atomic mass is 10.2. The molecule has 0 aliphatic rings. The predicted molar refractivity (Wildman–Crippen MR) is 30.9 cm³/mol. The Balaban J connectivity index is 3.94. The van der Waals surface area contributed by atoms with E-state index in [4.69, 9.17) is 11.6 Å². The summed E-state index contributed by atoms with van der Waals surface area (Å²) < 4.78 is 46.7. The molecule has 0 N–H and O–H groups in total. The van der Waals surface area contributed by atoms with Crippen molar-refractivity contribution in [1.29, 1.82) is 0 Å². The summed E-state index contributed by atoms with van der Waals surface area (Å²) in [6, 6.07) is 0. The van der Waals surface area contributed by atoms with Gasteiger partial charge in [0, 0.05) is 0 Å². The lowest BCUT2D eigenvalue weighted by molar-refractivity contribution is -0.142. The lowest BCUT2D eigenvalue weighted by Gasteiger charge is -2.15. The third-order valence-corrected chi connectivity index (χ3v) is 1.54. The molecule has 62 valence electrons. The van der Waals surface area contributed by atoms with Gasteiger partial charge in [-0.15, -0.1) is 11.6 Å². The number of rotatable bonds is 2. The lowest BCUT2D eigenvalue weighted by Crippen LogP contribution is -2.32. The fraction of sp³-hybridized carbons (Fsp3) is 1.00. The van der Waals surface area contributed by atoms with Crippen LogP contribution in [0.3, 0.4) is 0 Å². The van der Waals surface area contributed by atoms with Crippen LogP contribution in [0.25, 0.3) is 0 Å². The molecule has 5 heteroatoms. The van der Waals surface area contributed by atoms with Crippen LogP contribution < -0.4 is 0 Å². The van der Waals surface area contributed by atoms with E-state index in [-0.39, 0.29) is 6.42 Å². The quantitative estimate of drug-likeness (QED) is 0.451. The number of halogens is 5. The van der Waals surface area contributed by atoms with Gasteiger partial charge < -0.3 is 0 Å². The highest BCUT2D eigenvalue weighted by molar-refractivity contribution is 6.21. The van der Waals surface area contributed by atoms with Gasteiger partial charge in [-0.25, -0.2) is 4.39 Å². The first kappa shape index (κ1) is 10.0. The van der Waals surface area contributed by atoms with Crippen molar-refractivity contribution in [1.82, 2.24) is 0 Å². The molecule has 0 saturated heterocycles. The Morgan fingerprint density at radius 1 is 1.40 bits per heavy atom. The van der Waals surface area contributed by atoms with Crippen molar-refractivity contribution >= 4 is 11.6 Å². The number of alkyl halides is 5. The molecule has 0 aliphatic carbocycles. The molecule has 0 fully saturated rings. The Hall–Kier alpha value is 0.01000. The fourth-order valence-electron chi connectivity index (χ4n) is 0.412. The van der Waals surface area contributed by atoms with E-state index in [0.717, 1.165) is 0 Å². The Kier molecular flexibility index (Phi) is 3.42. The summed E-state index contributed by atoms with van der Waals surface area (Å²) in [5, 5.41) is -2.36. The van der Waals surface area contributed by atoms with E-state index in [0.29, 0.717) is 0 Å². The van der Waals surface area contributed by atoms with E-state index in [1.165, 1.54) is 6.92 Å². The molecular formula is C5H7ClF4. The molecule has 0 saturated carbocycles. The molecule has 0 nitrogen and oxygen atoms in total. The van der Waals surface area contributed by atoms with Crippen LogP contribution in [0.1, 0.15) is 13.3 Å². The molecule has 10 heavy (non-hydrogen) atoms. The van der Waals surface area contributed by atoms with Crippen LogP contribution in [-0.4, -0.2) is 17.7 Å². The molecule has 0 aromatic carbocycles. The zero-order chi connectivity index (χ0) is 8.36. The first-order valence-corrected chi connectivity index (χ1v) is 3.18. The maximum absolute atomic E-state index is 12.2. The van der Waals surface area contributed by atoms with Crippen molar-refractivity contribution in [3.05, 3.63) is 0 Å². The molecular weight excluding hydrogens is 171 g/mol. The van der Waals surface area contributed by atoms with Crippen LogP contribution in [0.5, 0.6) is 0 Å². The monoisotopic (exact) mass is 178 g/mol. The number of hydrogen-bond donors (Lipinski definition) is 0. The highest BCUT2D eigenvalue weighted by Gasteiger charge is 2.43. The van der Waals surface area contributed by atoms with Gasteiger partial charge in [-0.1, -0.05) is 6.92 Å². The van der Waals surface area contributed by atoms with Crippen LogP contribution in [0, 0.1) is 0 Å². The van der Waals surface area contributed by atoms with Gasteiger partial charge in [0.1, 0.15) is 6.17 Å². The zero-order valence-electron chi connectivity index (χ0n) is 5.25. The maximum atomic E-state index is 12.2. The summed E-state index contributed by atoms with van der Waals surface area (Å²) in [7, 11) is 0. The fourth-order valence-corrected chi connectivity index (χ4v) is 0.590. The van der Waals surface area contributed by atoms with Crippen molar-refractivity contribution in [2.75, 3.05) is 0 Å². The maximum Gasteiger partial charge on any atom is 0.407 e. The van der Waals surface area contributed by atoms with Gasteiger partial charge in [-0.3, -0.25) is 0 Å². The first-order chi connectivity index (χ1) is 4.39.